The zero-order valence-electron chi connectivity index (χ0n) is 6.44. The van der Waals surface area contributed by atoms with Crippen molar-refractivity contribution in [3.8, 4) is 0 Å². The molecule has 0 amide bonds. The third kappa shape index (κ3) is 2.19. The number of benzene rings is 1. The molecule has 0 bridgehead atoms. The van der Waals surface area contributed by atoms with Crippen molar-refractivity contribution in [3.63, 3.8) is 0 Å². The van der Waals surface area contributed by atoms with Gasteiger partial charge in [0.05, 0.1) is 0 Å². The van der Waals surface area contributed by atoms with Gasteiger partial charge in [-0.25, -0.2) is 4.79 Å². The first kappa shape index (κ1) is 9.54. The van der Waals surface area contributed by atoms with Crippen LogP contribution < -0.4 is 0 Å². The van der Waals surface area contributed by atoms with Crippen molar-refractivity contribution >= 4 is 23.3 Å². The lowest BCUT2D eigenvalue weighted by molar-refractivity contribution is -0.129. The van der Waals surface area contributed by atoms with Gasteiger partial charge in [0, 0.05) is 10.6 Å². The van der Waals surface area contributed by atoms with Crippen LogP contribution in [0, 0.1) is 0 Å². The molecule has 0 aliphatic rings. The van der Waals surface area contributed by atoms with Gasteiger partial charge in [0.2, 0.25) is 0 Å². The molecule has 0 saturated heterocycles. The Morgan fingerprint density at radius 2 is 1.85 bits per heavy atom. The first-order valence-electron chi connectivity index (χ1n) is 3.36. The molecule has 1 aromatic rings. The first-order chi connectivity index (χ1) is 6.15. The smallest absolute Gasteiger partial charge is 0.358 e. The van der Waals surface area contributed by atoms with Gasteiger partial charge in [0.15, 0.2) is 5.71 Å². The Morgan fingerprint density at radius 3 is 2.23 bits per heavy atom. The van der Waals surface area contributed by atoms with Gasteiger partial charge in [-0.1, -0.05) is 28.9 Å². The number of carbonyl (C=O) groups is 1. The Labute approximate surface area is 79.1 Å². The molecule has 0 heterocycles. The maximum atomic E-state index is 10.5. The minimum absolute atomic E-state index is 0.305. The number of halogens is 1. The highest BCUT2D eigenvalue weighted by molar-refractivity contribution is 6.42. The van der Waals surface area contributed by atoms with Gasteiger partial charge in [0.1, 0.15) is 0 Å². The molecule has 1 aromatic carbocycles. The summed E-state index contributed by atoms with van der Waals surface area (Å²) in [7, 11) is 0. The summed E-state index contributed by atoms with van der Waals surface area (Å²) in [5.74, 6) is -1.29. The average molecular weight is 200 g/mol. The van der Waals surface area contributed by atoms with Crippen LogP contribution in [0.3, 0.4) is 0 Å². The number of rotatable bonds is 2. The number of nitrogens with zero attached hydrogens (tertiary/aromatic N) is 1. The number of oxime groups is 1. The maximum Gasteiger partial charge on any atom is 0.358 e. The summed E-state index contributed by atoms with van der Waals surface area (Å²) in [5.41, 5.74) is -0.101. The van der Waals surface area contributed by atoms with Crippen LogP contribution in [0.15, 0.2) is 29.4 Å². The molecule has 0 unspecified atom stereocenters. The van der Waals surface area contributed by atoms with Gasteiger partial charge < -0.3 is 10.3 Å². The first-order valence-corrected chi connectivity index (χ1v) is 3.74. The summed E-state index contributed by atoms with van der Waals surface area (Å²) in [5, 5.41) is 20.1. The van der Waals surface area contributed by atoms with E-state index in [2.05, 4.69) is 5.16 Å². The van der Waals surface area contributed by atoms with Gasteiger partial charge >= 0.3 is 5.97 Å². The Kier molecular flexibility index (Phi) is 2.87. The van der Waals surface area contributed by atoms with Gasteiger partial charge in [-0.15, -0.1) is 0 Å². The third-order valence-electron chi connectivity index (χ3n) is 1.42. The van der Waals surface area contributed by atoms with E-state index in [0.717, 1.165) is 0 Å². The monoisotopic (exact) mass is 199 g/mol. The normalized spacial score (nSPS) is 11.3. The Hall–Kier alpha value is -1.55. The van der Waals surface area contributed by atoms with E-state index in [1.807, 2.05) is 0 Å². The van der Waals surface area contributed by atoms with Crippen molar-refractivity contribution in [1.29, 1.82) is 0 Å². The standard InChI is InChI=1S/C8H6ClNO3/c9-6-3-1-5(2-4-6)7(10-13)8(11)12/h1-4,13H,(H,11,12)/b10-7+. The van der Waals surface area contributed by atoms with Crippen LogP contribution in [0.1, 0.15) is 5.56 Å². The molecule has 0 spiro atoms. The summed E-state index contributed by atoms with van der Waals surface area (Å²) in [4.78, 5) is 10.5. The van der Waals surface area contributed by atoms with Crippen LogP contribution in [0.4, 0.5) is 0 Å². The molecular formula is C8H6ClNO3. The van der Waals surface area contributed by atoms with Crippen molar-refractivity contribution < 1.29 is 15.1 Å². The highest BCUT2D eigenvalue weighted by Gasteiger charge is 2.12. The van der Waals surface area contributed by atoms with Crippen molar-refractivity contribution in [2.24, 2.45) is 5.16 Å². The van der Waals surface area contributed by atoms with E-state index in [9.17, 15) is 4.79 Å². The summed E-state index contributed by atoms with van der Waals surface area (Å²) < 4.78 is 0. The van der Waals surface area contributed by atoms with Gasteiger partial charge in [-0.05, 0) is 12.1 Å². The fraction of sp³-hybridized carbons (Fsp3) is 0. The molecule has 13 heavy (non-hydrogen) atoms. The topological polar surface area (TPSA) is 69.9 Å². The average Bonchev–Trinajstić information content (AvgIpc) is 2.09. The van der Waals surface area contributed by atoms with E-state index in [1.165, 1.54) is 24.3 Å². The second kappa shape index (κ2) is 3.91. The van der Waals surface area contributed by atoms with E-state index in [-0.39, 0.29) is 0 Å². The molecule has 0 radical (unpaired) electrons. The lowest BCUT2D eigenvalue weighted by atomic mass is 10.1. The van der Waals surface area contributed by atoms with E-state index >= 15 is 0 Å². The summed E-state index contributed by atoms with van der Waals surface area (Å²) >= 11 is 5.59. The quantitative estimate of drug-likeness (QED) is 0.432. The van der Waals surface area contributed by atoms with Crippen molar-refractivity contribution in [2.45, 2.75) is 0 Å². The predicted octanol–water partition coefficient (Wildman–Crippen LogP) is 1.60. The minimum atomic E-state index is -1.29. The zero-order valence-corrected chi connectivity index (χ0v) is 7.19. The van der Waals surface area contributed by atoms with Gasteiger partial charge in [0.25, 0.3) is 0 Å². The Bertz CT molecular complexity index is 345. The van der Waals surface area contributed by atoms with Crippen LogP contribution in [-0.4, -0.2) is 22.0 Å². The summed E-state index contributed by atoms with van der Waals surface area (Å²) in [6.45, 7) is 0. The Balaban J connectivity index is 3.07. The maximum absolute atomic E-state index is 10.5. The van der Waals surface area contributed by atoms with Crippen molar-refractivity contribution in [2.75, 3.05) is 0 Å². The fourth-order valence-corrected chi connectivity index (χ4v) is 0.958. The molecular weight excluding hydrogens is 194 g/mol. The molecule has 68 valence electrons. The molecule has 1 rings (SSSR count). The van der Waals surface area contributed by atoms with Crippen LogP contribution in [-0.2, 0) is 4.79 Å². The van der Waals surface area contributed by atoms with Crippen LogP contribution in [0.5, 0.6) is 0 Å². The SMILES string of the molecule is O=C(O)/C(=N/O)c1ccc(Cl)cc1. The van der Waals surface area contributed by atoms with Crippen molar-refractivity contribution in [1.82, 2.24) is 0 Å². The number of carboxylic acids is 1. The number of hydrogen-bond acceptors (Lipinski definition) is 3. The number of hydrogen-bond donors (Lipinski definition) is 2. The predicted molar refractivity (Wildman–Crippen MR) is 47.4 cm³/mol. The fourth-order valence-electron chi connectivity index (χ4n) is 0.832. The molecule has 0 aliphatic heterocycles. The largest absolute Gasteiger partial charge is 0.476 e. The zero-order chi connectivity index (χ0) is 9.84. The molecule has 5 heteroatoms. The van der Waals surface area contributed by atoms with Crippen LogP contribution in [0.25, 0.3) is 0 Å². The molecule has 0 saturated carbocycles. The second-order valence-electron chi connectivity index (χ2n) is 2.26. The molecule has 0 aliphatic carbocycles. The lowest BCUT2D eigenvalue weighted by Gasteiger charge is -1.98. The second-order valence-corrected chi connectivity index (χ2v) is 2.70. The lowest BCUT2D eigenvalue weighted by Crippen LogP contribution is -2.14. The molecule has 4 nitrogen and oxygen atoms in total. The van der Waals surface area contributed by atoms with Gasteiger partial charge in [-0.3, -0.25) is 0 Å². The highest BCUT2D eigenvalue weighted by atomic mass is 35.5. The van der Waals surface area contributed by atoms with Crippen LogP contribution in [0.2, 0.25) is 5.02 Å². The number of aliphatic carboxylic acids is 1. The van der Waals surface area contributed by atoms with Gasteiger partial charge in [-0.2, -0.15) is 0 Å². The molecule has 0 atom stereocenters. The summed E-state index contributed by atoms with van der Waals surface area (Å²) in [6.07, 6.45) is 0. The minimum Gasteiger partial charge on any atom is -0.476 e. The number of carboxylic acid groups (broad SMARTS) is 1. The van der Waals surface area contributed by atoms with Crippen molar-refractivity contribution in [3.05, 3.63) is 34.9 Å². The Morgan fingerprint density at radius 1 is 1.31 bits per heavy atom. The van der Waals surface area contributed by atoms with E-state index in [0.29, 0.717) is 10.6 Å². The van der Waals surface area contributed by atoms with E-state index < -0.39 is 11.7 Å². The van der Waals surface area contributed by atoms with Crippen LogP contribution >= 0.6 is 11.6 Å². The third-order valence-corrected chi connectivity index (χ3v) is 1.67. The molecule has 0 fully saturated rings. The van der Waals surface area contributed by atoms with E-state index in [4.69, 9.17) is 21.9 Å². The molecule has 2 N–H and O–H groups in total. The summed E-state index contributed by atoms with van der Waals surface area (Å²) in [6, 6.07) is 5.97. The van der Waals surface area contributed by atoms with E-state index in [1.54, 1.807) is 0 Å². The molecule has 0 aromatic heterocycles. The highest BCUT2D eigenvalue weighted by Crippen LogP contribution is 2.10.